The Kier molecular flexibility index (Phi) is 3.36. The molecule has 0 unspecified atom stereocenters. The molecule has 0 spiro atoms. The highest BCUT2D eigenvalue weighted by Gasteiger charge is 2.00. The molecule has 16 heavy (non-hydrogen) atoms. The summed E-state index contributed by atoms with van der Waals surface area (Å²) in [6.07, 6.45) is 2.55. The lowest BCUT2D eigenvalue weighted by Crippen LogP contribution is -2.16. The fraction of sp³-hybridized carbons (Fsp3) is 0.455. The summed E-state index contributed by atoms with van der Waals surface area (Å²) in [6.45, 7) is 3.55. The van der Waals surface area contributed by atoms with Crippen molar-refractivity contribution in [2.45, 2.75) is 19.9 Å². The number of nitrogens with one attached hydrogen (secondary N) is 1. The van der Waals surface area contributed by atoms with Crippen molar-refractivity contribution in [3.63, 3.8) is 0 Å². The molecule has 0 atom stereocenters. The summed E-state index contributed by atoms with van der Waals surface area (Å²) in [4.78, 5) is 4.15. The first-order chi connectivity index (χ1) is 7.74. The monoisotopic (exact) mass is 220 g/mol. The predicted molar refractivity (Wildman–Crippen MR) is 59.9 cm³/mol. The lowest BCUT2D eigenvalue weighted by Gasteiger charge is -1.99. The fourth-order valence-corrected chi connectivity index (χ4v) is 1.49. The lowest BCUT2D eigenvalue weighted by molar-refractivity contribution is 0.462. The maximum atomic E-state index is 5.44. The van der Waals surface area contributed by atoms with Gasteiger partial charge in [-0.2, -0.15) is 5.10 Å². The number of rotatable bonds is 5. The Balaban J connectivity index is 1.69. The van der Waals surface area contributed by atoms with Crippen molar-refractivity contribution in [1.29, 1.82) is 0 Å². The Morgan fingerprint density at radius 3 is 2.94 bits per heavy atom. The second kappa shape index (κ2) is 4.94. The normalized spacial score (nSPS) is 10.9. The smallest absolute Gasteiger partial charge is 0.151 e. The largest absolute Gasteiger partial charge is 0.465 e. The number of hydrogen-bond acceptors (Lipinski definition) is 4. The highest BCUT2D eigenvalue weighted by atomic mass is 16.3. The van der Waals surface area contributed by atoms with Gasteiger partial charge < -0.3 is 9.73 Å². The van der Waals surface area contributed by atoms with Crippen LogP contribution in [0.3, 0.4) is 0 Å². The summed E-state index contributed by atoms with van der Waals surface area (Å²) in [5.41, 5.74) is 0. The minimum atomic E-state index is 0.751. The molecule has 0 saturated carbocycles. The summed E-state index contributed by atoms with van der Waals surface area (Å²) in [5, 5.41) is 7.49. The van der Waals surface area contributed by atoms with Crippen LogP contribution in [0.15, 0.2) is 22.9 Å². The number of aromatic nitrogens is 3. The molecule has 86 valence electrons. The van der Waals surface area contributed by atoms with E-state index in [1.165, 1.54) is 0 Å². The van der Waals surface area contributed by atoms with Crippen LogP contribution in [0.2, 0.25) is 0 Å². The van der Waals surface area contributed by atoms with Crippen LogP contribution < -0.4 is 5.32 Å². The van der Waals surface area contributed by atoms with E-state index in [0.29, 0.717) is 0 Å². The van der Waals surface area contributed by atoms with Crippen molar-refractivity contribution in [2.24, 2.45) is 7.05 Å². The molecule has 1 N–H and O–H groups in total. The van der Waals surface area contributed by atoms with Gasteiger partial charge in [-0.3, -0.25) is 4.68 Å². The van der Waals surface area contributed by atoms with Crippen LogP contribution in [0.5, 0.6) is 0 Å². The summed E-state index contributed by atoms with van der Waals surface area (Å²) >= 11 is 0. The number of furan rings is 1. The van der Waals surface area contributed by atoms with Crippen molar-refractivity contribution < 1.29 is 4.42 Å². The highest BCUT2D eigenvalue weighted by Crippen LogP contribution is 2.05. The Labute approximate surface area is 94.5 Å². The quantitative estimate of drug-likeness (QED) is 0.765. The second-order valence-corrected chi connectivity index (χ2v) is 3.77. The Hall–Kier alpha value is -1.62. The molecular weight excluding hydrogens is 204 g/mol. The van der Waals surface area contributed by atoms with E-state index in [1.54, 1.807) is 11.0 Å². The van der Waals surface area contributed by atoms with E-state index in [-0.39, 0.29) is 0 Å². The zero-order valence-electron chi connectivity index (χ0n) is 9.60. The average Bonchev–Trinajstić information content (AvgIpc) is 2.83. The van der Waals surface area contributed by atoms with Gasteiger partial charge in [0.05, 0.1) is 6.54 Å². The Bertz CT molecular complexity index is 404. The Morgan fingerprint density at radius 2 is 2.31 bits per heavy atom. The maximum Gasteiger partial charge on any atom is 0.151 e. The molecule has 0 bridgehead atoms. The van der Waals surface area contributed by atoms with Crippen LogP contribution in [0.25, 0.3) is 0 Å². The van der Waals surface area contributed by atoms with Crippen molar-refractivity contribution in [3.8, 4) is 0 Å². The molecule has 2 aromatic heterocycles. The zero-order chi connectivity index (χ0) is 11.4. The van der Waals surface area contributed by atoms with Crippen LogP contribution in [-0.4, -0.2) is 21.3 Å². The highest BCUT2D eigenvalue weighted by molar-refractivity contribution is 5.05. The number of hydrogen-bond donors (Lipinski definition) is 1. The SMILES string of the molecule is Cc1ccc(CNCCc2ncn(C)n2)o1. The molecular formula is C11H16N4O. The van der Waals surface area contributed by atoms with Crippen LogP contribution in [-0.2, 0) is 20.0 Å². The third-order valence-corrected chi connectivity index (χ3v) is 2.27. The summed E-state index contributed by atoms with van der Waals surface area (Å²) in [5.74, 6) is 2.78. The molecule has 0 aliphatic heterocycles. The fourth-order valence-electron chi connectivity index (χ4n) is 1.49. The molecule has 0 saturated heterocycles. The predicted octanol–water partition coefficient (Wildman–Crippen LogP) is 1.05. The zero-order valence-corrected chi connectivity index (χ0v) is 9.60. The summed E-state index contributed by atoms with van der Waals surface area (Å²) in [7, 11) is 1.87. The van der Waals surface area contributed by atoms with E-state index in [4.69, 9.17) is 4.42 Å². The van der Waals surface area contributed by atoms with Crippen molar-refractivity contribution >= 4 is 0 Å². The van der Waals surface area contributed by atoms with Gasteiger partial charge in [0.15, 0.2) is 5.82 Å². The molecule has 5 heteroatoms. The minimum absolute atomic E-state index is 0.751. The lowest BCUT2D eigenvalue weighted by atomic mass is 10.4. The van der Waals surface area contributed by atoms with Crippen LogP contribution in [0.1, 0.15) is 17.3 Å². The molecule has 5 nitrogen and oxygen atoms in total. The van der Waals surface area contributed by atoms with Gasteiger partial charge in [0, 0.05) is 20.0 Å². The van der Waals surface area contributed by atoms with Gasteiger partial charge in [-0.1, -0.05) is 0 Å². The molecule has 0 fully saturated rings. The third kappa shape index (κ3) is 2.93. The second-order valence-electron chi connectivity index (χ2n) is 3.77. The molecule has 0 aliphatic carbocycles. The van der Waals surface area contributed by atoms with Gasteiger partial charge in [0.1, 0.15) is 17.8 Å². The van der Waals surface area contributed by atoms with Gasteiger partial charge in [-0.05, 0) is 19.1 Å². The number of nitrogens with zero attached hydrogens (tertiary/aromatic N) is 3. The molecule has 2 rings (SSSR count). The van der Waals surface area contributed by atoms with Crippen LogP contribution in [0.4, 0.5) is 0 Å². The summed E-state index contributed by atoms with van der Waals surface area (Å²) in [6, 6.07) is 3.96. The van der Waals surface area contributed by atoms with E-state index < -0.39 is 0 Å². The first kappa shape index (κ1) is 10.9. The topological polar surface area (TPSA) is 55.9 Å². The van der Waals surface area contributed by atoms with Gasteiger partial charge in [-0.15, -0.1) is 0 Å². The first-order valence-corrected chi connectivity index (χ1v) is 5.34. The minimum Gasteiger partial charge on any atom is -0.465 e. The van der Waals surface area contributed by atoms with E-state index in [2.05, 4.69) is 15.4 Å². The van der Waals surface area contributed by atoms with Crippen LogP contribution in [0, 0.1) is 6.92 Å². The first-order valence-electron chi connectivity index (χ1n) is 5.34. The average molecular weight is 220 g/mol. The maximum absolute atomic E-state index is 5.44. The van der Waals surface area contributed by atoms with E-state index in [0.717, 1.165) is 36.9 Å². The molecule has 2 aromatic rings. The molecule has 0 radical (unpaired) electrons. The molecule has 0 aliphatic rings. The van der Waals surface area contributed by atoms with Gasteiger partial charge in [-0.25, -0.2) is 4.98 Å². The summed E-state index contributed by atoms with van der Waals surface area (Å²) < 4.78 is 7.16. The van der Waals surface area contributed by atoms with E-state index in [9.17, 15) is 0 Å². The third-order valence-electron chi connectivity index (χ3n) is 2.27. The standard InChI is InChI=1S/C11H16N4O/c1-9-3-4-10(16-9)7-12-6-5-11-13-8-15(2)14-11/h3-4,8,12H,5-7H2,1-2H3. The molecule has 0 aromatic carbocycles. The van der Waals surface area contributed by atoms with Gasteiger partial charge in [0.2, 0.25) is 0 Å². The number of aryl methyl sites for hydroxylation is 2. The van der Waals surface area contributed by atoms with Crippen molar-refractivity contribution in [3.05, 3.63) is 35.8 Å². The Morgan fingerprint density at radius 1 is 1.44 bits per heavy atom. The van der Waals surface area contributed by atoms with Crippen molar-refractivity contribution in [2.75, 3.05) is 6.54 Å². The van der Waals surface area contributed by atoms with Gasteiger partial charge >= 0.3 is 0 Å². The van der Waals surface area contributed by atoms with Gasteiger partial charge in [0.25, 0.3) is 0 Å². The van der Waals surface area contributed by atoms with E-state index >= 15 is 0 Å². The molecule has 2 heterocycles. The van der Waals surface area contributed by atoms with Crippen molar-refractivity contribution in [1.82, 2.24) is 20.1 Å². The van der Waals surface area contributed by atoms with Crippen LogP contribution >= 0.6 is 0 Å². The van der Waals surface area contributed by atoms with E-state index in [1.807, 2.05) is 26.1 Å². The molecule has 0 amide bonds.